The maximum Gasteiger partial charge on any atom is 0.220 e. The number of pyridine rings is 1. The number of carbonyl (C=O) groups is 1. The lowest BCUT2D eigenvalue weighted by molar-refractivity contribution is -0.121. The van der Waals surface area contributed by atoms with Crippen molar-refractivity contribution in [2.45, 2.75) is 25.7 Å². The van der Waals surface area contributed by atoms with Gasteiger partial charge in [0.25, 0.3) is 0 Å². The van der Waals surface area contributed by atoms with Crippen LogP contribution in [0.1, 0.15) is 31.2 Å². The molecule has 4 heteroatoms. The first kappa shape index (κ1) is 12.6. The van der Waals surface area contributed by atoms with Gasteiger partial charge >= 0.3 is 0 Å². The fourth-order valence-corrected chi connectivity index (χ4v) is 1.63. The largest absolute Gasteiger partial charge is 0.356 e. The molecular weight excluding hydrogens is 202 g/mol. The van der Waals surface area contributed by atoms with Gasteiger partial charge < -0.3 is 11.1 Å². The van der Waals surface area contributed by atoms with Gasteiger partial charge in [0.1, 0.15) is 0 Å². The summed E-state index contributed by atoms with van der Waals surface area (Å²) in [5, 5.41) is 2.78. The van der Waals surface area contributed by atoms with Gasteiger partial charge in [-0.3, -0.25) is 9.78 Å². The minimum atomic E-state index is 0.0878. The Morgan fingerprint density at radius 3 is 3.00 bits per heavy atom. The quantitative estimate of drug-likeness (QED) is 0.754. The number of hydrogen-bond acceptors (Lipinski definition) is 3. The van der Waals surface area contributed by atoms with Gasteiger partial charge in [-0.1, -0.05) is 6.07 Å². The molecule has 0 radical (unpaired) electrons. The highest BCUT2D eigenvalue weighted by atomic mass is 16.1. The minimum absolute atomic E-state index is 0.0878. The molecule has 0 fully saturated rings. The van der Waals surface area contributed by atoms with Crippen molar-refractivity contribution in [2.24, 2.45) is 5.73 Å². The summed E-state index contributed by atoms with van der Waals surface area (Å²) >= 11 is 0. The van der Waals surface area contributed by atoms with Crippen LogP contribution >= 0.6 is 0 Å². The Kier molecular flexibility index (Phi) is 5.50. The highest BCUT2D eigenvalue weighted by molar-refractivity contribution is 5.75. The van der Waals surface area contributed by atoms with Crippen molar-refractivity contribution in [1.82, 2.24) is 10.3 Å². The molecule has 3 N–H and O–H groups in total. The van der Waals surface area contributed by atoms with Gasteiger partial charge in [-0.15, -0.1) is 0 Å². The molecule has 1 aromatic rings. The van der Waals surface area contributed by atoms with E-state index >= 15 is 0 Å². The number of nitrogens with one attached hydrogen (secondary N) is 1. The van der Waals surface area contributed by atoms with Crippen molar-refractivity contribution in [2.75, 3.05) is 13.1 Å². The summed E-state index contributed by atoms with van der Waals surface area (Å²) in [7, 11) is 0. The van der Waals surface area contributed by atoms with Crippen LogP contribution < -0.4 is 11.1 Å². The highest BCUT2D eigenvalue weighted by Gasteiger charge is 2.11. The number of hydrogen-bond donors (Lipinski definition) is 2. The van der Waals surface area contributed by atoms with E-state index in [2.05, 4.69) is 10.3 Å². The summed E-state index contributed by atoms with van der Waals surface area (Å²) < 4.78 is 0. The molecule has 0 saturated carbocycles. The van der Waals surface area contributed by atoms with Gasteiger partial charge in [-0.05, 0) is 37.4 Å². The van der Waals surface area contributed by atoms with Crippen LogP contribution in [0.15, 0.2) is 24.5 Å². The zero-order valence-corrected chi connectivity index (χ0v) is 9.65. The van der Waals surface area contributed by atoms with Crippen LogP contribution in [0.4, 0.5) is 0 Å². The second kappa shape index (κ2) is 6.95. The highest BCUT2D eigenvalue weighted by Crippen LogP contribution is 2.18. The molecule has 1 unspecified atom stereocenters. The van der Waals surface area contributed by atoms with E-state index in [1.54, 1.807) is 6.20 Å². The lowest BCUT2D eigenvalue weighted by Gasteiger charge is -2.14. The predicted octanol–water partition coefficient (Wildman–Crippen LogP) is 1.04. The van der Waals surface area contributed by atoms with Crippen molar-refractivity contribution in [3.8, 4) is 0 Å². The predicted molar refractivity (Wildman–Crippen MR) is 64.0 cm³/mol. The zero-order valence-electron chi connectivity index (χ0n) is 9.65. The topological polar surface area (TPSA) is 68.0 Å². The molecule has 0 aliphatic rings. The average molecular weight is 221 g/mol. The number of aromatic nitrogens is 1. The maximum atomic E-state index is 11.3. The first-order valence-electron chi connectivity index (χ1n) is 5.64. The van der Waals surface area contributed by atoms with Gasteiger partial charge in [0.2, 0.25) is 5.91 Å². The van der Waals surface area contributed by atoms with Crippen molar-refractivity contribution >= 4 is 5.91 Å². The van der Waals surface area contributed by atoms with Gasteiger partial charge in [0.15, 0.2) is 0 Å². The Morgan fingerprint density at radius 2 is 2.44 bits per heavy atom. The second-order valence-electron chi connectivity index (χ2n) is 3.71. The number of nitrogens with zero attached hydrogens (tertiary/aromatic N) is 1. The normalized spacial score (nSPS) is 12.1. The van der Waals surface area contributed by atoms with Gasteiger partial charge in [0, 0.05) is 25.4 Å². The van der Waals surface area contributed by atoms with E-state index in [4.69, 9.17) is 5.73 Å². The van der Waals surface area contributed by atoms with E-state index in [9.17, 15) is 4.79 Å². The Bertz CT molecular complexity index is 313. The maximum absolute atomic E-state index is 11.3. The van der Waals surface area contributed by atoms with Crippen LogP contribution in [0.5, 0.6) is 0 Å². The molecule has 0 saturated heterocycles. The Hall–Kier alpha value is -1.42. The molecule has 0 aliphatic carbocycles. The Labute approximate surface area is 96.3 Å². The molecule has 0 spiro atoms. The van der Waals surface area contributed by atoms with Crippen molar-refractivity contribution in [1.29, 1.82) is 0 Å². The average Bonchev–Trinajstić information content (AvgIpc) is 2.31. The molecule has 16 heavy (non-hydrogen) atoms. The molecule has 1 rings (SSSR count). The summed E-state index contributed by atoms with van der Waals surface area (Å²) in [6.45, 7) is 3.14. The second-order valence-corrected chi connectivity index (χ2v) is 3.71. The summed E-state index contributed by atoms with van der Waals surface area (Å²) in [5.74, 6) is 0.307. The van der Waals surface area contributed by atoms with Crippen molar-refractivity contribution in [3.63, 3.8) is 0 Å². The van der Waals surface area contributed by atoms with Gasteiger partial charge in [0.05, 0.1) is 0 Å². The molecular formula is C12H19N3O. The summed E-state index contributed by atoms with van der Waals surface area (Å²) in [6.07, 6.45) is 4.84. The van der Waals surface area contributed by atoms with Crippen LogP contribution in [0.25, 0.3) is 0 Å². The van der Waals surface area contributed by atoms with Gasteiger partial charge in [-0.2, -0.15) is 0 Å². The molecule has 4 nitrogen and oxygen atoms in total. The van der Waals surface area contributed by atoms with Crippen molar-refractivity contribution < 1.29 is 4.79 Å². The van der Waals surface area contributed by atoms with Crippen LogP contribution in [-0.4, -0.2) is 24.0 Å². The third-order valence-electron chi connectivity index (χ3n) is 2.53. The third-order valence-corrected chi connectivity index (χ3v) is 2.53. The monoisotopic (exact) mass is 221 g/mol. The number of amides is 1. The lowest BCUT2D eigenvalue weighted by Crippen LogP contribution is -2.24. The molecule has 1 atom stereocenters. The van der Waals surface area contributed by atoms with Crippen LogP contribution in [-0.2, 0) is 4.79 Å². The summed E-state index contributed by atoms with van der Waals surface area (Å²) in [6, 6.07) is 3.90. The lowest BCUT2D eigenvalue weighted by atomic mass is 9.95. The Balaban J connectivity index is 2.47. The summed E-state index contributed by atoms with van der Waals surface area (Å²) in [4.78, 5) is 15.4. The smallest absolute Gasteiger partial charge is 0.220 e. The molecule has 0 bridgehead atoms. The molecule has 0 aromatic carbocycles. The number of carbonyl (C=O) groups excluding carboxylic acids is 1. The zero-order chi connectivity index (χ0) is 11.8. The van der Waals surface area contributed by atoms with E-state index in [0.29, 0.717) is 19.5 Å². The molecule has 1 heterocycles. The number of nitrogens with two attached hydrogens (primary N) is 1. The standard InChI is InChI=1S/C12H19N3O/c1-2-15-12(16)6-5-10(8-13)11-4-3-7-14-9-11/h3-4,7,9-10H,2,5-6,8,13H2,1H3,(H,15,16). The molecule has 1 amide bonds. The fraction of sp³-hybridized carbons (Fsp3) is 0.500. The van der Waals surface area contributed by atoms with Crippen LogP contribution in [0.2, 0.25) is 0 Å². The molecule has 0 aliphatic heterocycles. The summed E-state index contributed by atoms with van der Waals surface area (Å²) in [5.41, 5.74) is 6.81. The third kappa shape index (κ3) is 3.98. The molecule has 1 aromatic heterocycles. The van der Waals surface area contributed by atoms with Crippen molar-refractivity contribution in [3.05, 3.63) is 30.1 Å². The van der Waals surface area contributed by atoms with Crippen LogP contribution in [0.3, 0.4) is 0 Å². The fourth-order valence-electron chi connectivity index (χ4n) is 1.63. The van der Waals surface area contributed by atoms with E-state index in [-0.39, 0.29) is 11.8 Å². The van der Waals surface area contributed by atoms with Crippen LogP contribution in [0, 0.1) is 0 Å². The van der Waals surface area contributed by atoms with E-state index in [1.165, 1.54) is 0 Å². The number of rotatable bonds is 6. The Morgan fingerprint density at radius 1 is 1.62 bits per heavy atom. The van der Waals surface area contributed by atoms with E-state index in [0.717, 1.165) is 12.0 Å². The van der Waals surface area contributed by atoms with E-state index in [1.807, 2.05) is 25.3 Å². The SMILES string of the molecule is CCNC(=O)CCC(CN)c1cccnc1. The van der Waals surface area contributed by atoms with Gasteiger partial charge in [-0.25, -0.2) is 0 Å². The van der Waals surface area contributed by atoms with E-state index < -0.39 is 0 Å². The minimum Gasteiger partial charge on any atom is -0.356 e. The first-order chi connectivity index (χ1) is 7.77. The molecule has 88 valence electrons. The first-order valence-corrected chi connectivity index (χ1v) is 5.64.